The Labute approximate surface area is 119 Å². The fourth-order valence-corrected chi connectivity index (χ4v) is 3.22. The molecule has 0 radical (unpaired) electrons. The lowest BCUT2D eigenvalue weighted by Gasteiger charge is -2.07. The van der Waals surface area contributed by atoms with Gasteiger partial charge >= 0.3 is 0 Å². The highest BCUT2D eigenvalue weighted by atomic mass is 32.1. The summed E-state index contributed by atoms with van der Waals surface area (Å²) in [7, 11) is 1.73. The van der Waals surface area contributed by atoms with Gasteiger partial charge in [-0.3, -0.25) is 0 Å². The van der Waals surface area contributed by atoms with Gasteiger partial charge in [-0.15, -0.1) is 11.3 Å². The molecule has 0 atom stereocenters. The Bertz CT molecular complexity index is 463. The standard InChI is InChI=1S/C15H23NO2S/c1-5-6-7-8-11-12(17-4)9-19-13(11)14-16-15(2,3)10-18-14/h9H,5-8,10H2,1-4H3. The molecule has 0 bridgehead atoms. The molecule has 4 heteroatoms. The van der Waals surface area contributed by atoms with Crippen LogP contribution in [0, 0.1) is 0 Å². The van der Waals surface area contributed by atoms with Crippen molar-refractivity contribution in [2.24, 2.45) is 4.99 Å². The van der Waals surface area contributed by atoms with E-state index in [1.54, 1.807) is 18.4 Å². The largest absolute Gasteiger partial charge is 0.496 e. The number of thiophene rings is 1. The molecule has 0 saturated carbocycles. The van der Waals surface area contributed by atoms with Gasteiger partial charge in [0.15, 0.2) is 0 Å². The summed E-state index contributed by atoms with van der Waals surface area (Å²) in [6, 6.07) is 0. The first-order valence-corrected chi connectivity index (χ1v) is 7.82. The van der Waals surface area contributed by atoms with Crippen LogP contribution in [-0.4, -0.2) is 25.2 Å². The quantitative estimate of drug-likeness (QED) is 0.737. The topological polar surface area (TPSA) is 30.8 Å². The summed E-state index contributed by atoms with van der Waals surface area (Å²) in [6.45, 7) is 7.08. The second kappa shape index (κ2) is 5.95. The van der Waals surface area contributed by atoms with Gasteiger partial charge in [0.2, 0.25) is 5.90 Å². The average Bonchev–Trinajstić information content (AvgIpc) is 2.92. The molecule has 0 fully saturated rings. The molecule has 1 aromatic rings. The van der Waals surface area contributed by atoms with Gasteiger partial charge < -0.3 is 9.47 Å². The number of ether oxygens (including phenoxy) is 2. The first-order valence-electron chi connectivity index (χ1n) is 6.95. The van der Waals surface area contributed by atoms with Gasteiger partial charge in [-0.05, 0) is 26.7 Å². The Balaban J connectivity index is 2.23. The minimum Gasteiger partial charge on any atom is -0.496 e. The molecule has 1 aromatic heterocycles. The third-order valence-electron chi connectivity index (χ3n) is 3.27. The number of methoxy groups -OCH3 is 1. The predicted octanol–water partition coefficient (Wildman–Crippen LogP) is 4.04. The van der Waals surface area contributed by atoms with E-state index in [9.17, 15) is 0 Å². The summed E-state index contributed by atoms with van der Waals surface area (Å²) < 4.78 is 11.2. The van der Waals surface area contributed by atoms with Crippen molar-refractivity contribution in [1.29, 1.82) is 0 Å². The van der Waals surface area contributed by atoms with Crippen molar-refractivity contribution >= 4 is 17.2 Å². The van der Waals surface area contributed by atoms with Gasteiger partial charge in [0, 0.05) is 10.9 Å². The molecule has 1 aliphatic rings. The highest BCUT2D eigenvalue weighted by Crippen LogP contribution is 2.34. The molecule has 0 aromatic carbocycles. The molecule has 106 valence electrons. The normalized spacial score (nSPS) is 17.2. The molecule has 2 heterocycles. The third kappa shape index (κ3) is 3.30. The Hall–Kier alpha value is -1.03. The third-order valence-corrected chi connectivity index (χ3v) is 4.25. The minimum absolute atomic E-state index is 0.104. The highest BCUT2D eigenvalue weighted by Gasteiger charge is 2.29. The van der Waals surface area contributed by atoms with Crippen LogP contribution in [-0.2, 0) is 11.2 Å². The maximum absolute atomic E-state index is 5.76. The second-order valence-electron chi connectivity index (χ2n) is 5.59. The van der Waals surface area contributed by atoms with E-state index in [4.69, 9.17) is 9.47 Å². The Morgan fingerprint density at radius 3 is 2.79 bits per heavy atom. The van der Waals surface area contributed by atoms with E-state index in [2.05, 4.69) is 31.1 Å². The van der Waals surface area contributed by atoms with E-state index in [1.807, 2.05) is 0 Å². The monoisotopic (exact) mass is 281 g/mol. The Kier molecular flexibility index (Phi) is 4.50. The van der Waals surface area contributed by atoms with Crippen molar-refractivity contribution < 1.29 is 9.47 Å². The molecular weight excluding hydrogens is 258 g/mol. The fourth-order valence-electron chi connectivity index (χ4n) is 2.21. The van der Waals surface area contributed by atoms with Crippen molar-refractivity contribution in [1.82, 2.24) is 0 Å². The van der Waals surface area contributed by atoms with E-state index < -0.39 is 0 Å². The molecule has 0 unspecified atom stereocenters. The number of hydrogen-bond acceptors (Lipinski definition) is 4. The van der Waals surface area contributed by atoms with Gasteiger partial charge in [0.05, 0.1) is 17.5 Å². The van der Waals surface area contributed by atoms with Crippen LogP contribution >= 0.6 is 11.3 Å². The zero-order valence-corrected chi connectivity index (χ0v) is 13.1. The van der Waals surface area contributed by atoms with Crippen LogP contribution in [0.25, 0.3) is 0 Å². The van der Waals surface area contributed by atoms with E-state index in [0.29, 0.717) is 6.61 Å². The summed E-state index contributed by atoms with van der Waals surface area (Å²) in [5.74, 6) is 1.77. The maximum atomic E-state index is 5.76. The van der Waals surface area contributed by atoms with Gasteiger partial charge in [0.1, 0.15) is 12.4 Å². The summed E-state index contributed by atoms with van der Waals surface area (Å²) in [5.41, 5.74) is 1.16. The molecule has 0 saturated heterocycles. The van der Waals surface area contributed by atoms with E-state index in [1.165, 1.54) is 24.8 Å². The number of unbranched alkanes of at least 4 members (excludes halogenated alkanes) is 2. The van der Waals surface area contributed by atoms with Crippen LogP contribution in [0.3, 0.4) is 0 Å². The van der Waals surface area contributed by atoms with Crippen LogP contribution in [0.5, 0.6) is 5.75 Å². The van der Waals surface area contributed by atoms with E-state index in [-0.39, 0.29) is 5.54 Å². The lowest BCUT2D eigenvalue weighted by molar-refractivity contribution is 0.279. The fraction of sp³-hybridized carbons (Fsp3) is 0.667. The van der Waals surface area contributed by atoms with Crippen molar-refractivity contribution in [2.45, 2.75) is 52.0 Å². The zero-order valence-electron chi connectivity index (χ0n) is 12.3. The lowest BCUT2D eigenvalue weighted by atomic mass is 10.1. The Morgan fingerprint density at radius 2 is 2.21 bits per heavy atom. The zero-order chi connectivity index (χ0) is 13.9. The molecule has 0 aliphatic carbocycles. The molecule has 0 spiro atoms. The summed E-state index contributed by atoms with van der Waals surface area (Å²) in [5, 5.41) is 2.06. The molecular formula is C15H23NO2S. The molecule has 2 rings (SSSR count). The minimum atomic E-state index is -0.104. The molecule has 0 amide bonds. The predicted molar refractivity (Wildman–Crippen MR) is 80.7 cm³/mol. The van der Waals surface area contributed by atoms with Crippen LogP contribution < -0.4 is 4.74 Å². The number of hydrogen-bond donors (Lipinski definition) is 0. The van der Waals surface area contributed by atoms with Crippen molar-refractivity contribution in [3.05, 3.63) is 15.8 Å². The number of rotatable bonds is 6. The second-order valence-corrected chi connectivity index (χ2v) is 6.47. The molecule has 19 heavy (non-hydrogen) atoms. The van der Waals surface area contributed by atoms with Gasteiger partial charge in [0.25, 0.3) is 0 Å². The van der Waals surface area contributed by atoms with Crippen LogP contribution in [0.15, 0.2) is 10.4 Å². The summed E-state index contributed by atoms with van der Waals surface area (Å²) in [4.78, 5) is 5.83. The molecule has 1 aliphatic heterocycles. The number of aliphatic imine (C=N–C) groups is 1. The van der Waals surface area contributed by atoms with Gasteiger partial charge in [-0.25, -0.2) is 4.99 Å². The van der Waals surface area contributed by atoms with E-state index >= 15 is 0 Å². The van der Waals surface area contributed by atoms with Crippen molar-refractivity contribution in [3.63, 3.8) is 0 Å². The van der Waals surface area contributed by atoms with Crippen molar-refractivity contribution in [2.75, 3.05) is 13.7 Å². The van der Waals surface area contributed by atoms with Gasteiger partial charge in [-0.2, -0.15) is 0 Å². The maximum Gasteiger partial charge on any atom is 0.227 e. The lowest BCUT2D eigenvalue weighted by Crippen LogP contribution is -2.17. The summed E-state index contributed by atoms with van der Waals surface area (Å²) >= 11 is 1.68. The average molecular weight is 281 g/mol. The van der Waals surface area contributed by atoms with Crippen molar-refractivity contribution in [3.8, 4) is 5.75 Å². The molecule has 3 nitrogen and oxygen atoms in total. The highest BCUT2D eigenvalue weighted by molar-refractivity contribution is 7.12. The summed E-state index contributed by atoms with van der Waals surface area (Å²) in [6.07, 6.45) is 4.70. The first kappa shape index (κ1) is 14.4. The van der Waals surface area contributed by atoms with Gasteiger partial charge in [-0.1, -0.05) is 19.8 Å². The van der Waals surface area contributed by atoms with Crippen LogP contribution in [0.1, 0.15) is 50.5 Å². The molecule has 0 N–H and O–H groups in total. The Morgan fingerprint density at radius 1 is 1.42 bits per heavy atom. The SMILES string of the molecule is CCCCCc1c(OC)csc1C1=NC(C)(C)CO1. The van der Waals surface area contributed by atoms with Crippen LogP contribution in [0.4, 0.5) is 0 Å². The number of nitrogens with zero attached hydrogens (tertiary/aromatic N) is 1. The van der Waals surface area contributed by atoms with Crippen LogP contribution in [0.2, 0.25) is 0 Å². The smallest absolute Gasteiger partial charge is 0.227 e. The first-order chi connectivity index (χ1) is 9.07. The van der Waals surface area contributed by atoms with E-state index in [0.717, 1.165) is 22.9 Å².